The molecule has 1 aliphatic carbocycles. The Labute approximate surface area is 188 Å². The average molecular weight is 433 g/mol. The second-order valence-corrected chi connectivity index (χ2v) is 9.06. The van der Waals surface area contributed by atoms with Crippen LogP contribution in [0.4, 0.5) is 0 Å². The minimum Gasteiger partial charge on any atom is -0.332 e. The molecule has 160 valence electrons. The highest BCUT2D eigenvalue weighted by Gasteiger charge is 2.35. The fraction of sp³-hybridized carbons (Fsp3) is 0.308. The van der Waals surface area contributed by atoms with Crippen molar-refractivity contribution in [1.29, 1.82) is 0 Å². The fourth-order valence-electron chi connectivity index (χ4n) is 3.67. The molecule has 0 unspecified atom stereocenters. The standard InChI is InChI=1S/C26H28N2O2S/c1-2-20-10-12-22(13-11-20)26(30)28(23-14-15-23)19-25(29)27(18-24-9-6-16-31-24)17-21-7-4-3-5-8-21/h3-13,16,23H,2,14-15,17-19H2,1H3. The van der Waals surface area contributed by atoms with Gasteiger partial charge in [0.2, 0.25) is 5.91 Å². The van der Waals surface area contributed by atoms with Crippen LogP contribution in [0, 0.1) is 0 Å². The van der Waals surface area contributed by atoms with Gasteiger partial charge >= 0.3 is 0 Å². The van der Waals surface area contributed by atoms with Crippen molar-refractivity contribution in [2.75, 3.05) is 6.54 Å². The molecular weight excluding hydrogens is 404 g/mol. The Hall–Kier alpha value is -2.92. The Morgan fingerprint density at radius 3 is 2.26 bits per heavy atom. The zero-order valence-corrected chi connectivity index (χ0v) is 18.7. The van der Waals surface area contributed by atoms with E-state index in [0.29, 0.717) is 18.7 Å². The minimum absolute atomic E-state index is 0.0114. The van der Waals surface area contributed by atoms with Crippen molar-refractivity contribution in [2.45, 2.75) is 45.3 Å². The first-order valence-corrected chi connectivity index (χ1v) is 11.8. The highest BCUT2D eigenvalue weighted by atomic mass is 32.1. The smallest absolute Gasteiger partial charge is 0.254 e. The molecule has 0 spiro atoms. The van der Waals surface area contributed by atoms with E-state index in [9.17, 15) is 9.59 Å². The van der Waals surface area contributed by atoms with E-state index in [4.69, 9.17) is 0 Å². The molecule has 0 aliphatic heterocycles. The molecule has 0 atom stereocenters. The lowest BCUT2D eigenvalue weighted by Crippen LogP contribution is -2.43. The van der Waals surface area contributed by atoms with E-state index in [2.05, 4.69) is 13.0 Å². The largest absolute Gasteiger partial charge is 0.332 e. The first-order valence-electron chi connectivity index (χ1n) is 10.9. The maximum atomic E-state index is 13.4. The molecule has 0 bridgehead atoms. The molecule has 0 saturated heterocycles. The third-order valence-electron chi connectivity index (χ3n) is 5.66. The van der Waals surface area contributed by atoms with Crippen molar-refractivity contribution < 1.29 is 9.59 Å². The zero-order valence-electron chi connectivity index (χ0n) is 17.9. The van der Waals surface area contributed by atoms with Gasteiger partial charge in [-0.2, -0.15) is 0 Å². The summed E-state index contributed by atoms with van der Waals surface area (Å²) in [4.78, 5) is 31.4. The summed E-state index contributed by atoms with van der Waals surface area (Å²) >= 11 is 1.65. The van der Waals surface area contributed by atoms with Gasteiger partial charge in [-0.25, -0.2) is 0 Å². The zero-order chi connectivity index (χ0) is 21.6. The quantitative estimate of drug-likeness (QED) is 0.469. The van der Waals surface area contributed by atoms with Crippen LogP contribution in [0.5, 0.6) is 0 Å². The van der Waals surface area contributed by atoms with Gasteiger partial charge in [-0.1, -0.05) is 55.5 Å². The van der Waals surface area contributed by atoms with Gasteiger partial charge < -0.3 is 9.80 Å². The van der Waals surface area contributed by atoms with Gasteiger partial charge in [0.1, 0.15) is 6.54 Å². The van der Waals surface area contributed by atoms with Crippen molar-refractivity contribution in [3.63, 3.8) is 0 Å². The summed E-state index contributed by atoms with van der Waals surface area (Å²) in [6, 6.07) is 22.0. The molecule has 4 rings (SSSR count). The van der Waals surface area contributed by atoms with Crippen LogP contribution in [-0.4, -0.2) is 34.2 Å². The number of amides is 2. The molecule has 0 radical (unpaired) electrons. The van der Waals surface area contributed by atoms with Gasteiger partial charge in [-0.3, -0.25) is 9.59 Å². The molecule has 0 N–H and O–H groups in total. The third-order valence-corrected chi connectivity index (χ3v) is 6.52. The summed E-state index contributed by atoms with van der Waals surface area (Å²) in [5.41, 5.74) is 2.95. The molecule has 31 heavy (non-hydrogen) atoms. The van der Waals surface area contributed by atoms with Crippen molar-refractivity contribution in [3.8, 4) is 0 Å². The number of thiophene rings is 1. The van der Waals surface area contributed by atoms with Crippen molar-refractivity contribution in [1.82, 2.24) is 9.80 Å². The van der Waals surface area contributed by atoms with Gasteiger partial charge in [0.05, 0.1) is 6.54 Å². The van der Waals surface area contributed by atoms with Crippen LogP contribution in [0.25, 0.3) is 0 Å². The summed E-state index contributed by atoms with van der Waals surface area (Å²) in [5, 5.41) is 2.03. The first-order chi connectivity index (χ1) is 15.1. The van der Waals surface area contributed by atoms with Crippen LogP contribution >= 0.6 is 11.3 Å². The molecular formula is C26H28N2O2S. The lowest BCUT2D eigenvalue weighted by Gasteiger charge is -2.28. The van der Waals surface area contributed by atoms with E-state index >= 15 is 0 Å². The molecule has 3 aromatic rings. The summed E-state index contributed by atoms with van der Waals surface area (Å²) in [5.74, 6) is -0.0584. The van der Waals surface area contributed by atoms with Gasteiger partial charge in [-0.15, -0.1) is 11.3 Å². The molecule has 1 fully saturated rings. The minimum atomic E-state index is -0.0470. The van der Waals surface area contributed by atoms with E-state index in [-0.39, 0.29) is 24.4 Å². The molecule has 5 heteroatoms. The Balaban J connectivity index is 1.50. The number of carbonyl (C=O) groups is 2. The topological polar surface area (TPSA) is 40.6 Å². The maximum absolute atomic E-state index is 13.4. The predicted octanol–water partition coefficient (Wildman–Crippen LogP) is 5.14. The van der Waals surface area contributed by atoms with Crippen molar-refractivity contribution in [2.24, 2.45) is 0 Å². The van der Waals surface area contributed by atoms with E-state index < -0.39 is 0 Å². The second kappa shape index (κ2) is 9.92. The molecule has 1 heterocycles. The molecule has 1 saturated carbocycles. The fourth-order valence-corrected chi connectivity index (χ4v) is 4.39. The molecule has 4 nitrogen and oxygen atoms in total. The highest BCUT2D eigenvalue weighted by Crippen LogP contribution is 2.29. The lowest BCUT2D eigenvalue weighted by atomic mass is 10.1. The van der Waals surface area contributed by atoms with E-state index in [1.165, 1.54) is 5.56 Å². The number of benzene rings is 2. The summed E-state index contributed by atoms with van der Waals surface area (Å²) in [6.45, 7) is 3.32. The van der Waals surface area contributed by atoms with E-state index in [1.807, 2.05) is 70.9 Å². The molecule has 2 amide bonds. The van der Waals surface area contributed by atoms with Crippen LogP contribution in [0.1, 0.15) is 46.1 Å². The normalized spacial score (nSPS) is 13.1. The molecule has 2 aromatic carbocycles. The number of hydrogen-bond acceptors (Lipinski definition) is 3. The second-order valence-electron chi connectivity index (χ2n) is 8.03. The number of rotatable bonds is 9. The number of aryl methyl sites for hydroxylation is 1. The SMILES string of the molecule is CCc1ccc(C(=O)N(CC(=O)N(Cc2ccccc2)Cc2cccs2)C2CC2)cc1. The Morgan fingerprint density at radius 1 is 0.903 bits per heavy atom. The average Bonchev–Trinajstić information content (AvgIpc) is 3.52. The number of hydrogen-bond donors (Lipinski definition) is 0. The number of nitrogens with zero attached hydrogens (tertiary/aromatic N) is 2. The maximum Gasteiger partial charge on any atom is 0.254 e. The van der Waals surface area contributed by atoms with Gasteiger partial charge in [0, 0.05) is 23.0 Å². The molecule has 1 aromatic heterocycles. The van der Waals surface area contributed by atoms with Crippen LogP contribution < -0.4 is 0 Å². The summed E-state index contributed by atoms with van der Waals surface area (Å²) in [6.07, 6.45) is 2.88. The predicted molar refractivity (Wildman–Crippen MR) is 125 cm³/mol. The van der Waals surface area contributed by atoms with E-state index in [1.54, 1.807) is 16.2 Å². The van der Waals surface area contributed by atoms with Crippen molar-refractivity contribution >= 4 is 23.2 Å². The molecule has 1 aliphatic rings. The lowest BCUT2D eigenvalue weighted by molar-refractivity contribution is -0.133. The van der Waals surface area contributed by atoms with Crippen molar-refractivity contribution in [3.05, 3.63) is 93.7 Å². The Morgan fingerprint density at radius 2 is 1.65 bits per heavy atom. The van der Waals surface area contributed by atoms with Crippen LogP contribution in [0.3, 0.4) is 0 Å². The summed E-state index contributed by atoms with van der Waals surface area (Å²) < 4.78 is 0. The van der Waals surface area contributed by atoms with Gasteiger partial charge in [0.25, 0.3) is 5.91 Å². The Kier molecular flexibility index (Phi) is 6.82. The highest BCUT2D eigenvalue weighted by molar-refractivity contribution is 7.09. The number of carbonyl (C=O) groups excluding carboxylic acids is 2. The first kappa shape index (κ1) is 21.3. The Bertz CT molecular complexity index is 996. The van der Waals surface area contributed by atoms with Crippen LogP contribution in [-0.2, 0) is 24.3 Å². The van der Waals surface area contributed by atoms with Gasteiger partial charge in [0.15, 0.2) is 0 Å². The monoisotopic (exact) mass is 432 g/mol. The van der Waals surface area contributed by atoms with Crippen LogP contribution in [0.2, 0.25) is 0 Å². The third kappa shape index (κ3) is 5.61. The van der Waals surface area contributed by atoms with Gasteiger partial charge in [-0.05, 0) is 54.0 Å². The summed E-state index contributed by atoms with van der Waals surface area (Å²) in [7, 11) is 0. The van der Waals surface area contributed by atoms with Crippen LogP contribution in [0.15, 0.2) is 72.1 Å². The van der Waals surface area contributed by atoms with E-state index in [0.717, 1.165) is 29.7 Å².